The molecule has 2 N–H and O–H groups in total. The minimum absolute atomic E-state index is 0.0350. The van der Waals surface area contributed by atoms with Crippen molar-refractivity contribution < 1.29 is 4.39 Å². The molecule has 1 aromatic carbocycles. The second-order valence-corrected chi connectivity index (χ2v) is 6.75. The van der Waals surface area contributed by atoms with Crippen LogP contribution >= 0.6 is 11.3 Å². The van der Waals surface area contributed by atoms with Crippen LogP contribution in [0, 0.1) is 24.1 Å². The molecule has 0 aliphatic rings. The van der Waals surface area contributed by atoms with Crippen LogP contribution in [0.15, 0.2) is 41.5 Å². The molecule has 124 valence electrons. The van der Waals surface area contributed by atoms with E-state index in [9.17, 15) is 4.39 Å². The Bertz CT molecular complexity index is 1010. The lowest BCUT2D eigenvalue weighted by Crippen LogP contribution is -1.97. The molecule has 0 aliphatic carbocycles. The van der Waals surface area contributed by atoms with Crippen molar-refractivity contribution in [1.82, 2.24) is 4.98 Å². The Morgan fingerprint density at radius 2 is 2.08 bits per heavy atom. The van der Waals surface area contributed by atoms with Crippen LogP contribution in [-0.4, -0.2) is 18.2 Å². The fraction of sp³-hybridized carbons (Fsp3) is 0.105. The maximum absolute atomic E-state index is 14.0. The number of aliphatic imine (C=N–C) groups is 1. The van der Waals surface area contributed by atoms with E-state index in [0.29, 0.717) is 5.82 Å². The molecule has 3 aromatic rings. The molecule has 2 aromatic heterocycles. The third-order valence-corrected chi connectivity index (χ3v) is 4.84. The van der Waals surface area contributed by atoms with Gasteiger partial charge >= 0.3 is 0 Å². The number of nitriles is 1. The molecule has 0 amide bonds. The highest BCUT2D eigenvalue weighted by molar-refractivity contribution is 7.16. The van der Waals surface area contributed by atoms with Crippen molar-refractivity contribution in [1.29, 1.82) is 5.26 Å². The number of pyridine rings is 1. The van der Waals surface area contributed by atoms with Crippen LogP contribution in [0.2, 0.25) is 0 Å². The van der Waals surface area contributed by atoms with Crippen LogP contribution in [0.25, 0.3) is 21.6 Å². The van der Waals surface area contributed by atoms with Crippen molar-refractivity contribution in [2.24, 2.45) is 4.99 Å². The number of hydrogen-bond donors (Lipinski definition) is 1. The second-order valence-electron chi connectivity index (χ2n) is 5.49. The van der Waals surface area contributed by atoms with Gasteiger partial charge in [0, 0.05) is 45.9 Å². The summed E-state index contributed by atoms with van der Waals surface area (Å²) in [6.07, 6.45) is 3.37. The molecule has 0 radical (unpaired) electrons. The van der Waals surface area contributed by atoms with Crippen LogP contribution in [0.3, 0.4) is 0 Å². The predicted octanol–water partition coefficient (Wildman–Crippen LogP) is 4.43. The summed E-state index contributed by atoms with van der Waals surface area (Å²) >= 11 is 1.60. The first kappa shape index (κ1) is 16.8. The van der Waals surface area contributed by atoms with E-state index < -0.39 is 5.82 Å². The number of nitrogens with zero attached hydrogens (tertiary/aromatic N) is 3. The minimum Gasteiger partial charge on any atom is -0.383 e. The fourth-order valence-electron chi connectivity index (χ4n) is 2.58. The zero-order valence-electron chi connectivity index (χ0n) is 13.7. The quantitative estimate of drug-likeness (QED) is 0.710. The van der Waals surface area contributed by atoms with Crippen LogP contribution in [0.5, 0.6) is 0 Å². The first-order valence-electron chi connectivity index (χ1n) is 7.52. The summed E-state index contributed by atoms with van der Waals surface area (Å²) in [7, 11) is 1.67. The Balaban J connectivity index is 2.16. The monoisotopic (exact) mass is 350 g/mol. The molecule has 0 aliphatic heterocycles. The highest BCUT2D eigenvalue weighted by atomic mass is 32.1. The number of benzene rings is 1. The summed E-state index contributed by atoms with van der Waals surface area (Å²) in [6.45, 7) is 2.00. The average Bonchev–Trinajstić information content (AvgIpc) is 2.99. The molecule has 6 heteroatoms. The molecule has 0 unspecified atom stereocenters. The van der Waals surface area contributed by atoms with Crippen molar-refractivity contribution in [2.75, 3.05) is 12.8 Å². The van der Waals surface area contributed by atoms with E-state index in [-0.39, 0.29) is 5.56 Å². The SMILES string of the molecule is CN=Cc1cc(-c2sc(C)cc2-c2ccc(C#N)c(F)c2)cnc1N. The Morgan fingerprint density at radius 1 is 1.28 bits per heavy atom. The minimum atomic E-state index is -0.524. The third-order valence-electron chi connectivity index (χ3n) is 3.74. The van der Waals surface area contributed by atoms with Gasteiger partial charge in [-0.05, 0) is 36.8 Å². The first-order valence-corrected chi connectivity index (χ1v) is 8.33. The van der Waals surface area contributed by atoms with E-state index in [1.165, 1.54) is 12.1 Å². The summed E-state index contributed by atoms with van der Waals surface area (Å²) in [6, 6.07) is 10.4. The highest BCUT2D eigenvalue weighted by Gasteiger charge is 2.14. The van der Waals surface area contributed by atoms with Gasteiger partial charge in [-0.1, -0.05) is 6.07 Å². The van der Waals surface area contributed by atoms with Gasteiger partial charge in [-0.25, -0.2) is 9.37 Å². The predicted molar refractivity (Wildman–Crippen MR) is 100 cm³/mol. The van der Waals surface area contributed by atoms with E-state index in [4.69, 9.17) is 11.0 Å². The van der Waals surface area contributed by atoms with Gasteiger partial charge in [-0.3, -0.25) is 4.99 Å². The molecule has 25 heavy (non-hydrogen) atoms. The number of aromatic nitrogens is 1. The normalized spacial score (nSPS) is 11.0. The lowest BCUT2D eigenvalue weighted by atomic mass is 10.0. The lowest BCUT2D eigenvalue weighted by Gasteiger charge is -2.07. The molecule has 0 saturated carbocycles. The van der Waals surface area contributed by atoms with E-state index >= 15 is 0 Å². The number of nitrogens with two attached hydrogens (primary N) is 1. The van der Waals surface area contributed by atoms with Crippen molar-refractivity contribution in [3.05, 3.63) is 58.3 Å². The molecule has 0 saturated heterocycles. The Kier molecular flexibility index (Phi) is 4.59. The van der Waals surface area contributed by atoms with Gasteiger partial charge in [0.2, 0.25) is 0 Å². The number of rotatable bonds is 3. The van der Waals surface area contributed by atoms with Crippen LogP contribution in [-0.2, 0) is 0 Å². The maximum Gasteiger partial charge on any atom is 0.141 e. The number of nitrogen functional groups attached to an aromatic ring is 1. The molecular weight excluding hydrogens is 335 g/mol. The van der Waals surface area contributed by atoms with E-state index in [1.807, 2.05) is 25.1 Å². The van der Waals surface area contributed by atoms with Gasteiger partial charge in [-0.15, -0.1) is 11.3 Å². The summed E-state index contributed by atoms with van der Waals surface area (Å²) in [5.41, 5.74) is 9.17. The van der Waals surface area contributed by atoms with Gasteiger partial charge in [0.15, 0.2) is 0 Å². The van der Waals surface area contributed by atoms with Gasteiger partial charge in [-0.2, -0.15) is 5.26 Å². The standard InChI is InChI=1S/C19H15FN4S/c1-11-5-16(12-3-4-13(8-21)17(20)7-12)18(25-11)14-6-15(9-23-2)19(22)24-10-14/h3-7,9-10H,1-2H3,(H2,22,24). The van der Waals surface area contributed by atoms with Crippen molar-refractivity contribution in [3.63, 3.8) is 0 Å². The summed E-state index contributed by atoms with van der Waals surface area (Å²) in [5.74, 6) is -0.113. The smallest absolute Gasteiger partial charge is 0.141 e. The largest absolute Gasteiger partial charge is 0.383 e. The number of aryl methyl sites for hydroxylation is 1. The second kappa shape index (κ2) is 6.83. The molecule has 0 spiro atoms. The Hall–Kier alpha value is -3.04. The Labute approximate surface area is 149 Å². The zero-order valence-corrected chi connectivity index (χ0v) is 14.6. The van der Waals surface area contributed by atoms with Crippen molar-refractivity contribution in [3.8, 4) is 27.6 Å². The molecule has 0 fully saturated rings. The molecule has 2 heterocycles. The summed E-state index contributed by atoms with van der Waals surface area (Å²) in [5, 5.41) is 8.90. The van der Waals surface area contributed by atoms with E-state index in [1.54, 1.807) is 36.9 Å². The van der Waals surface area contributed by atoms with Gasteiger partial charge in [0.25, 0.3) is 0 Å². The zero-order chi connectivity index (χ0) is 18.0. The van der Waals surface area contributed by atoms with Crippen LogP contribution in [0.1, 0.15) is 16.0 Å². The molecule has 0 atom stereocenters. The van der Waals surface area contributed by atoms with Gasteiger partial charge in [0.05, 0.1) is 5.56 Å². The van der Waals surface area contributed by atoms with Crippen LogP contribution < -0.4 is 5.73 Å². The number of thiophene rings is 1. The molecule has 3 rings (SSSR count). The average molecular weight is 350 g/mol. The summed E-state index contributed by atoms with van der Waals surface area (Å²) < 4.78 is 14.0. The van der Waals surface area contributed by atoms with Crippen molar-refractivity contribution >= 4 is 23.4 Å². The number of anilines is 1. The highest BCUT2D eigenvalue weighted by Crippen LogP contribution is 2.39. The summed E-state index contributed by atoms with van der Waals surface area (Å²) in [4.78, 5) is 10.3. The fourth-order valence-corrected chi connectivity index (χ4v) is 3.59. The van der Waals surface area contributed by atoms with Gasteiger partial charge < -0.3 is 5.73 Å². The number of halogens is 1. The first-order chi connectivity index (χ1) is 12.0. The molecule has 0 bridgehead atoms. The van der Waals surface area contributed by atoms with E-state index in [2.05, 4.69) is 9.98 Å². The lowest BCUT2D eigenvalue weighted by molar-refractivity contribution is 0.624. The molecule has 4 nitrogen and oxygen atoms in total. The topological polar surface area (TPSA) is 75.1 Å². The molecular formula is C19H15FN4S. The number of hydrogen-bond acceptors (Lipinski definition) is 5. The van der Waals surface area contributed by atoms with Crippen LogP contribution in [0.4, 0.5) is 10.2 Å². The van der Waals surface area contributed by atoms with Crippen molar-refractivity contribution in [2.45, 2.75) is 6.92 Å². The van der Waals surface area contributed by atoms with Gasteiger partial charge in [0.1, 0.15) is 17.7 Å². The third kappa shape index (κ3) is 3.28. The van der Waals surface area contributed by atoms with E-state index in [0.717, 1.165) is 32.0 Å². The maximum atomic E-state index is 14.0. The Morgan fingerprint density at radius 3 is 2.76 bits per heavy atom.